The molecule has 0 saturated carbocycles. The molecule has 0 spiro atoms. The standard InChI is InChI=1S/C17H15NO2S/c1-13-7-9-15(10-8-13)17(19)20-11-16(21-12-18)14-5-3-2-4-6-14/h2-10,16H,11H2,1H3. The molecule has 1 atom stereocenters. The Hall–Kier alpha value is -2.25. The van der Waals surface area contributed by atoms with Gasteiger partial charge in [-0.1, -0.05) is 48.0 Å². The lowest BCUT2D eigenvalue weighted by molar-refractivity contribution is 0.0506. The van der Waals surface area contributed by atoms with Crippen molar-refractivity contribution in [3.63, 3.8) is 0 Å². The van der Waals surface area contributed by atoms with Crippen LogP contribution >= 0.6 is 11.8 Å². The van der Waals surface area contributed by atoms with Gasteiger partial charge in [-0.2, -0.15) is 5.26 Å². The highest BCUT2D eigenvalue weighted by Gasteiger charge is 2.15. The van der Waals surface area contributed by atoms with E-state index in [0.717, 1.165) is 22.9 Å². The van der Waals surface area contributed by atoms with E-state index in [9.17, 15) is 4.79 Å². The molecule has 3 nitrogen and oxygen atoms in total. The molecule has 0 saturated heterocycles. The van der Waals surface area contributed by atoms with Gasteiger partial charge in [0.05, 0.1) is 10.8 Å². The molecular weight excluding hydrogens is 282 g/mol. The van der Waals surface area contributed by atoms with Crippen LogP contribution in [0.3, 0.4) is 0 Å². The van der Waals surface area contributed by atoms with Crippen LogP contribution in [0.15, 0.2) is 54.6 Å². The summed E-state index contributed by atoms with van der Waals surface area (Å²) in [6.45, 7) is 2.14. The number of carbonyl (C=O) groups excluding carboxylic acids is 1. The van der Waals surface area contributed by atoms with Crippen molar-refractivity contribution < 1.29 is 9.53 Å². The Bertz CT molecular complexity index is 632. The van der Waals surface area contributed by atoms with Gasteiger partial charge in [-0.15, -0.1) is 0 Å². The van der Waals surface area contributed by atoms with Gasteiger partial charge in [0.2, 0.25) is 0 Å². The number of aryl methyl sites for hydroxylation is 1. The van der Waals surface area contributed by atoms with Crippen LogP contribution in [0.4, 0.5) is 0 Å². The molecular formula is C17H15NO2S. The molecule has 0 heterocycles. The minimum absolute atomic E-state index is 0.175. The number of rotatable bonds is 5. The van der Waals surface area contributed by atoms with Crippen molar-refractivity contribution in [2.75, 3.05) is 6.61 Å². The Balaban J connectivity index is 2.00. The average molecular weight is 297 g/mol. The van der Waals surface area contributed by atoms with E-state index in [2.05, 4.69) is 5.40 Å². The smallest absolute Gasteiger partial charge is 0.338 e. The van der Waals surface area contributed by atoms with E-state index in [1.807, 2.05) is 49.4 Å². The molecule has 2 aromatic rings. The maximum atomic E-state index is 12.0. The highest BCUT2D eigenvalue weighted by Crippen LogP contribution is 2.28. The second-order valence-corrected chi connectivity index (χ2v) is 5.56. The van der Waals surface area contributed by atoms with E-state index >= 15 is 0 Å². The Morgan fingerprint density at radius 2 is 1.86 bits per heavy atom. The molecule has 0 radical (unpaired) electrons. The number of nitrogens with zero attached hydrogens (tertiary/aromatic N) is 1. The van der Waals surface area contributed by atoms with Crippen LogP contribution in [0.25, 0.3) is 0 Å². The number of esters is 1. The molecule has 0 amide bonds. The summed E-state index contributed by atoms with van der Waals surface area (Å²) in [5.41, 5.74) is 2.59. The minimum atomic E-state index is -0.366. The maximum Gasteiger partial charge on any atom is 0.338 e. The summed E-state index contributed by atoms with van der Waals surface area (Å²) in [4.78, 5) is 12.0. The van der Waals surface area contributed by atoms with Crippen molar-refractivity contribution in [1.29, 1.82) is 5.26 Å². The number of carbonyl (C=O) groups is 1. The Morgan fingerprint density at radius 3 is 2.48 bits per heavy atom. The molecule has 0 N–H and O–H groups in total. The summed E-state index contributed by atoms with van der Waals surface area (Å²) >= 11 is 1.10. The largest absolute Gasteiger partial charge is 0.461 e. The van der Waals surface area contributed by atoms with Crippen molar-refractivity contribution in [1.82, 2.24) is 0 Å². The molecule has 0 aromatic heterocycles. The van der Waals surface area contributed by atoms with Gasteiger partial charge in [0.25, 0.3) is 0 Å². The van der Waals surface area contributed by atoms with Crippen molar-refractivity contribution in [3.05, 3.63) is 71.3 Å². The SMILES string of the molecule is Cc1ccc(C(=O)OCC(SC#N)c2ccccc2)cc1. The highest BCUT2D eigenvalue weighted by atomic mass is 32.2. The fraction of sp³-hybridized carbons (Fsp3) is 0.176. The summed E-state index contributed by atoms with van der Waals surface area (Å²) < 4.78 is 5.33. The summed E-state index contributed by atoms with van der Waals surface area (Å²) in [5.74, 6) is -0.366. The molecule has 0 fully saturated rings. The molecule has 0 bridgehead atoms. The van der Waals surface area contributed by atoms with Crippen molar-refractivity contribution in [2.24, 2.45) is 0 Å². The monoisotopic (exact) mass is 297 g/mol. The van der Waals surface area contributed by atoms with Crippen LogP contribution in [-0.4, -0.2) is 12.6 Å². The second-order valence-electron chi connectivity index (χ2n) is 4.57. The topological polar surface area (TPSA) is 50.1 Å². The molecule has 4 heteroatoms. The molecule has 21 heavy (non-hydrogen) atoms. The van der Waals surface area contributed by atoms with Crippen LogP contribution in [0.1, 0.15) is 26.7 Å². The summed E-state index contributed by atoms with van der Waals surface area (Å²) in [6.07, 6.45) is 0. The average Bonchev–Trinajstić information content (AvgIpc) is 2.52. The first-order valence-corrected chi connectivity index (χ1v) is 7.42. The normalized spacial score (nSPS) is 11.4. The van der Waals surface area contributed by atoms with Crippen LogP contribution in [-0.2, 0) is 4.74 Å². The quantitative estimate of drug-likeness (QED) is 0.615. The molecule has 106 valence electrons. The van der Waals surface area contributed by atoms with Gasteiger partial charge in [-0.3, -0.25) is 0 Å². The first kappa shape index (κ1) is 15.1. The van der Waals surface area contributed by atoms with Crippen molar-refractivity contribution >= 4 is 17.7 Å². The van der Waals surface area contributed by atoms with Crippen LogP contribution in [0, 0.1) is 17.6 Å². The summed E-state index contributed by atoms with van der Waals surface area (Å²) in [6, 6.07) is 16.8. The van der Waals surface area contributed by atoms with Crippen LogP contribution in [0.2, 0.25) is 0 Å². The van der Waals surface area contributed by atoms with Gasteiger partial charge in [0.1, 0.15) is 12.0 Å². The van der Waals surface area contributed by atoms with Gasteiger partial charge in [-0.05, 0) is 36.4 Å². The summed E-state index contributed by atoms with van der Waals surface area (Å²) in [7, 11) is 0. The number of thiocyanates is 1. The summed E-state index contributed by atoms with van der Waals surface area (Å²) in [5, 5.41) is 10.8. The third-order valence-electron chi connectivity index (χ3n) is 3.02. The van der Waals surface area contributed by atoms with E-state index in [1.54, 1.807) is 12.1 Å². The van der Waals surface area contributed by atoms with Gasteiger partial charge in [0, 0.05) is 0 Å². The fourth-order valence-electron chi connectivity index (χ4n) is 1.85. The lowest BCUT2D eigenvalue weighted by Gasteiger charge is -2.13. The molecule has 2 rings (SSSR count). The van der Waals surface area contributed by atoms with Gasteiger partial charge in [0.15, 0.2) is 0 Å². The molecule has 0 aliphatic heterocycles. The zero-order valence-corrected chi connectivity index (χ0v) is 12.5. The number of thioether (sulfide) groups is 1. The predicted molar refractivity (Wildman–Crippen MR) is 83.8 cm³/mol. The minimum Gasteiger partial charge on any atom is -0.461 e. The zero-order chi connectivity index (χ0) is 15.1. The van der Waals surface area contributed by atoms with Gasteiger partial charge >= 0.3 is 5.97 Å². The Labute approximate surface area is 128 Å². The number of nitriles is 1. The number of hydrogen-bond acceptors (Lipinski definition) is 4. The Kier molecular flexibility index (Phi) is 5.42. The maximum absolute atomic E-state index is 12.0. The van der Waals surface area contributed by atoms with E-state index < -0.39 is 0 Å². The van der Waals surface area contributed by atoms with Crippen molar-refractivity contribution in [3.8, 4) is 5.40 Å². The van der Waals surface area contributed by atoms with Crippen LogP contribution in [0.5, 0.6) is 0 Å². The molecule has 1 unspecified atom stereocenters. The number of hydrogen-bond donors (Lipinski definition) is 0. The predicted octanol–water partition coefficient (Wildman–Crippen LogP) is 4.11. The lowest BCUT2D eigenvalue weighted by atomic mass is 10.1. The van der Waals surface area contributed by atoms with E-state index in [0.29, 0.717) is 5.56 Å². The van der Waals surface area contributed by atoms with E-state index in [1.165, 1.54) is 0 Å². The number of ether oxygens (including phenoxy) is 1. The highest BCUT2D eigenvalue weighted by molar-refractivity contribution is 8.03. The van der Waals surface area contributed by atoms with Crippen molar-refractivity contribution in [2.45, 2.75) is 12.2 Å². The van der Waals surface area contributed by atoms with Gasteiger partial charge < -0.3 is 4.74 Å². The van der Waals surface area contributed by atoms with E-state index in [-0.39, 0.29) is 17.8 Å². The first-order valence-electron chi connectivity index (χ1n) is 6.54. The second kappa shape index (κ2) is 7.51. The zero-order valence-electron chi connectivity index (χ0n) is 11.7. The Morgan fingerprint density at radius 1 is 1.19 bits per heavy atom. The third kappa shape index (κ3) is 4.37. The molecule has 2 aromatic carbocycles. The van der Waals surface area contributed by atoms with E-state index in [4.69, 9.17) is 10.00 Å². The third-order valence-corrected chi connectivity index (χ3v) is 3.82. The first-order chi connectivity index (χ1) is 10.2. The van der Waals surface area contributed by atoms with Gasteiger partial charge in [-0.25, -0.2) is 4.79 Å². The molecule has 0 aliphatic carbocycles. The van der Waals surface area contributed by atoms with Crippen LogP contribution < -0.4 is 0 Å². The lowest BCUT2D eigenvalue weighted by Crippen LogP contribution is -2.11. The number of benzene rings is 2. The fourth-order valence-corrected chi connectivity index (χ4v) is 2.41. The molecule has 0 aliphatic rings.